The summed E-state index contributed by atoms with van der Waals surface area (Å²) in [5, 5.41) is 0. The van der Waals surface area contributed by atoms with Gasteiger partial charge in [0, 0.05) is 13.1 Å². The highest BCUT2D eigenvalue weighted by molar-refractivity contribution is 5.88. The average Bonchev–Trinajstić information content (AvgIpc) is 2.72. The van der Waals surface area contributed by atoms with E-state index in [9.17, 15) is 4.79 Å². The minimum absolute atomic E-state index is 0.222. The molecule has 0 atom stereocenters. The van der Waals surface area contributed by atoms with Crippen LogP contribution in [-0.2, 0) is 4.74 Å². The minimum Gasteiger partial charge on any atom is -0.454 e. The van der Waals surface area contributed by atoms with E-state index in [0.717, 1.165) is 11.3 Å². The maximum atomic E-state index is 11.4. The monoisotopic (exact) mass is 223 g/mol. The summed E-state index contributed by atoms with van der Waals surface area (Å²) in [4.78, 5) is 12.8. The molecule has 5 nitrogen and oxygen atoms in total. The quantitative estimate of drug-likeness (QED) is 0.729. The van der Waals surface area contributed by atoms with Crippen LogP contribution in [-0.4, -0.2) is 27.0 Å². The SMILES string of the molecule is COC(=O)N(C)c1cc2c(cc1C)OCO2. The van der Waals surface area contributed by atoms with Gasteiger partial charge in [0.1, 0.15) is 0 Å². The van der Waals surface area contributed by atoms with Gasteiger partial charge in [-0.2, -0.15) is 0 Å². The van der Waals surface area contributed by atoms with E-state index in [1.807, 2.05) is 13.0 Å². The van der Waals surface area contributed by atoms with Crippen LogP contribution in [0.2, 0.25) is 0 Å². The van der Waals surface area contributed by atoms with E-state index in [1.165, 1.54) is 12.0 Å². The summed E-state index contributed by atoms with van der Waals surface area (Å²) in [6.45, 7) is 2.12. The van der Waals surface area contributed by atoms with Crippen LogP contribution in [0, 0.1) is 6.92 Å². The third-order valence-electron chi connectivity index (χ3n) is 2.50. The fourth-order valence-electron chi connectivity index (χ4n) is 1.63. The first-order valence-corrected chi connectivity index (χ1v) is 4.85. The zero-order chi connectivity index (χ0) is 11.7. The topological polar surface area (TPSA) is 48.0 Å². The molecule has 0 saturated carbocycles. The van der Waals surface area contributed by atoms with Crippen LogP contribution in [0.1, 0.15) is 5.56 Å². The largest absolute Gasteiger partial charge is 0.454 e. The second kappa shape index (κ2) is 3.92. The maximum absolute atomic E-state index is 11.4. The van der Waals surface area contributed by atoms with E-state index >= 15 is 0 Å². The van der Waals surface area contributed by atoms with Gasteiger partial charge in [-0.15, -0.1) is 0 Å². The summed E-state index contributed by atoms with van der Waals surface area (Å²) in [5.74, 6) is 1.36. The first-order valence-electron chi connectivity index (χ1n) is 4.85. The molecule has 1 aliphatic rings. The summed E-state index contributed by atoms with van der Waals surface area (Å²) in [6, 6.07) is 3.62. The van der Waals surface area contributed by atoms with Gasteiger partial charge < -0.3 is 14.2 Å². The van der Waals surface area contributed by atoms with Gasteiger partial charge >= 0.3 is 6.09 Å². The van der Waals surface area contributed by atoms with Crippen molar-refractivity contribution in [2.24, 2.45) is 0 Å². The number of fused-ring (bicyclic) bond motifs is 1. The molecule has 86 valence electrons. The molecule has 0 fully saturated rings. The van der Waals surface area contributed by atoms with Crippen molar-refractivity contribution in [3.63, 3.8) is 0 Å². The van der Waals surface area contributed by atoms with Gasteiger partial charge in [0.2, 0.25) is 6.79 Å². The zero-order valence-corrected chi connectivity index (χ0v) is 9.44. The van der Waals surface area contributed by atoms with Crippen molar-refractivity contribution in [3.8, 4) is 11.5 Å². The second-order valence-corrected chi connectivity index (χ2v) is 3.52. The number of carbonyl (C=O) groups is 1. The Labute approximate surface area is 93.5 Å². The van der Waals surface area contributed by atoms with Crippen LogP contribution in [0.3, 0.4) is 0 Å². The molecule has 0 bridgehead atoms. The van der Waals surface area contributed by atoms with E-state index < -0.39 is 6.09 Å². The number of amides is 1. The van der Waals surface area contributed by atoms with Crippen molar-refractivity contribution in [2.75, 3.05) is 25.9 Å². The highest BCUT2D eigenvalue weighted by atomic mass is 16.7. The number of ether oxygens (including phenoxy) is 3. The normalized spacial score (nSPS) is 12.4. The molecule has 0 saturated heterocycles. The third-order valence-corrected chi connectivity index (χ3v) is 2.50. The standard InChI is InChI=1S/C11H13NO4/c1-7-4-9-10(16-6-15-9)5-8(7)12(2)11(13)14-3/h4-5H,6H2,1-3H3. The molecule has 0 unspecified atom stereocenters. The number of benzene rings is 1. The lowest BCUT2D eigenvalue weighted by atomic mass is 10.1. The summed E-state index contributed by atoms with van der Waals surface area (Å²) >= 11 is 0. The second-order valence-electron chi connectivity index (χ2n) is 3.52. The third kappa shape index (κ3) is 1.64. The zero-order valence-electron chi connectivity index (χ0n) is 9.44. The Kier molecular flexibility index (Phi) is 2.60. The number of methoxy groups -OCH3 is 1. The van der Waals surface area contributed by atoms with E-state index in [-0.39, 0.29) is 6.79 Å². The lowest BCUT2D eigenvalue weighted by molar-refractivity contribution is 0.174. The van der Waals surface area contributed by atoms with Crippen LogP contribution in [0.25, 0.3) is 0 Å². The number of hydrogen-bond donors (Lipinski definition) is 0. The number of hydrogen-bond acceptors (Lipinski definition) is 4. The van der Waals surface area contributed by atoms with Crippen molar-refractivity contribution >= 4 is 11.8 Å². The molecule has 1 aromatic rings. The van der Waals surface area contributed by atoms with Gasteiger partial charge in [0.25, 0.3) is 0 Å². The van der Waals surface area contributed by atoms with Crippen LogP contribution in [0.4, 0.5) is 10.5 Å². The Morgan fingerprint density at radius 2 is 2.00 bits per heavy atom. The number of nitrogens with zero attached hydrogens (tertiary/aromatic N) is 1. The van der Waals surface area contributed by atoms with Gasteiger partial charge in [-0.05, 0) is 18.6 Å². The molecule has 1 aromatic carbocycles. The van der Waals surface area contributed by atoms with E-state index in [0.29, 0.717) is 11.5 Å². The van der Waals surface area contributed by atoms with Crippen molar-refractivity contribution in [2.45, 2.75) is 6.92 Å². The molecule has 5 heteroatoms. The molecular weight excluding hydrogens is 210 g/mol. The molecule has 1 amide bonds. The molecule has 0 N–H and O–H groups in total. The summed E-state index contributed by atoms with van der Waals surface area (Å²) < 4.78 is 15.2. The Morgan fingerprint density at radius 1 is 1.38 bits per heavy atom. The molecule has 0 aliphatic carbocycles. The molecule has 0 aromatic heterocycles. The smallest absolute Gasteiger partial charge is 0.413 e. The number of aryl methyl sites for hydroxylation is 1. The van der Waals surface area contributed by atoms with Gasteiger partial charge in [0.15, 0.2) is 11.5 Å². The Balaban J connectivity index is 2.38. The van der Waals surface area contributed by atoms with Crippen molar-refractivity contribution in [1.82, 2.24) is 0 Å². The predicted molar refractivity (Wildman–Crippen MR) is 58.1 cm³/mol. The molecule has 0 spiro atoms. The molecule has 1 heterocycles. The first kappa shape index (κ1) is 10.6. The summed E-state index contributed by atoms with van der Waals surface area (Å²) in [5.41, 5.74) is 1.67. The number of anilines is 1. The lowest BCUT2D eigenvalue weighted by Gasteiger charge is -2.18. The van der Waals surface area contributed by atoms with E-state index in [1.54, 1.807) is 13.1 Å². The Morgan fingerprint density at radius 3 is 2.62 bits per heavy atom. The van der Waals surface area contributed by atoms with Crippen molar-refractivity contribution < 1.29 is 19.0 Å². The van der Waals surface area contributed by atoms with Crippen molar-refractivity contribution in [3.05, 3.63) is 17.7 Å². The van der Waals surface area contributed by atoms with Crippen molar-refractivity contribution in [1.29, 1.82) is 0 Å². The summed E-state index contributed by atoms with van der Waals surface area (Å²) in [7, 11) is 3.00. The molecule has 0 radical (unpaired) electrons. The highest BCUT2D eigenvalue weighted by Gasteiger charge is 2.20. The lowest BCUT2D eigenvalue weighted by Crippen LogP contribution is -2.26. The first-order chi connectivity index (χ1) is 7.63. The Bertz CT molecular complexity index is 430. The van der Waals surface area contributed by atoms with Crippen LogP contribution in [0.5, 0.6) is 11.5 Å². The number of rotatable bonds is 1. The predicted octanol–water partition coefficient (Wildman–Crippen LogP) is 1.93. The van der Waals surface area contributed by atoms with Crippen LogP contribution < -0.4 is 14.4 Å². The number of carbonyl (C=O) groups excluding carboxylic acids is 1. The van der Waals surface area contributed by atoms with Gasteiger partial charge in [-0.3, -0.25) is 4.90 Å². The van der Waals surface area contributed by atoms with E-state index in [4.69, 9.17) is 9.47 Å². The fraction of sp³-hybridized carbons (Fsp3) is 0.364. The van der Waals surface area contributed by atoms with E-state index in [2.05, 4.69) is 4.74 Å². The molecule has 2 rings (SSSR count). The van der Waals surface area contributed by atoms with Gasteiger partial charge in [-0.25, -0.2) is 4.79 Å². The van der Waals surface area contributed by atoms with Crippen LogP contribution in [0.15, 0.2) is 12.1 Å². The molecule has 16 heavy (non-hydrogen) atoms. The molecular formula is C11H13NO4. The average molecular weight is 223 g/mol. The maximum Gasteiger partial charge on any atom is 0.413 e. The molecule has 1 aliphatic heterocycles. The minimum atomic E-state index is -0.415. The Hall–Kier alpha value is -1.91. The van der Waals surface area contributed by atoms with Gasteiger partial charge in [-0.1, -0.05) is 0 Å². The van der Waals surface area contributed by atoms with Gasteiger partial charge in [0.05, 0.1) is 12.8 Å². The fourth-order valence-corrected chi connectivity index (χ4v) is 1.63. The summed E-state index contributed by atoms with van der Waals surface area (Å²) in [6.07, 6.45) is -0.415. The highest BCUT2D eigenvalue weighted by Crippen LogP contribution is 2.37. The van der Waals surface area contributed by atoms with Crippen LogP contribution >= 0.6 is 0 Å².